The molecule has 2 heterocycles. The van der Waals surface area contributed by atoms with Crippen LogP contribution in [0.3, 0.4) is 0 Å². The highest BCUT2D eigenvalue weighted by Gasteiger charge is 2.24. The topological polar surface area (TPSA) is 75.5 Å². The van der Waals surface area contributed by atoms with Gasteiger partial charge in [0.05, 0.1) is 12.7 Å². The van der Waals surface area contributed by atoms with Gasteiger partial charge in [0.15, 0.2) is 0 Å². The van der Waals surface area contributed by atoms with Crippen molar-refractivity contribution in [1.29, 1.82) is 5.26 Å². The summed E-state index contributed by atoms with van der Waals surface area (Å²) in [5.41, 5.74) is 0.816. The quantitative estimate of drug-likeness (QED) is 0.857. The molecule has 0 aliphatic carbocycles. The highest BCUT2D eigenvalue weighted by atomic mass is 16.5. The van der Waals surface area contributed by atoms with Crippen molar-refractivity contribution in [2.75, 3.05) is 20.2 Å². The number of pyridine rings is 1. The Labute approximate surface area is 146 Å². The third-order valence-corrected chi connectivity index (χ3v) is 4.22. The van der Waals surface area contributed by atoms with Crippen LogP contribution in [-0.2, 0) is 0 Å². The molecule has 6 nitrogen and oxygen atoms in total. The molecule has 0 bridgehead atoms. The first-order chi connectivity index (χ1) is 12.2. The summed E-state index contributed by atoms with van der Waals surface area (Å²) < 4.78 is 11.1. The van der Waals surface area contributed by atoms with Gasteiger partial charge in [-0.2, -0.15) is 5.26 Å². The second-order valence-corrected chi connectivity index (χ2v) is 5.83. The highest BCUT2D eigenvalue weighted by Crippen LogP contribution is 2.22. The zero-order valence-corrected chi connectivity index (χ0v) is 14.0. The Morgan fingerprint density at radius 2 is 1.84 bits per heavy atom. The summed E-state index contributed by atoms with van der Waals surface area (Å²) in [7, 11) is 1.63. The molecule has 1 fully saturated rings. The van der Waals surface area contributed by atoms with Crippen molar-refractivity contribution < 1.29 is 14.3 Å². The van der Waals surface area contributed by atoms with Gasteiger partial charge in [0.2, 0.25) is 0 Å². The average Bonchev–Trinajstić information content (AvgIpc) is 2.69. The van der Waals surface area contributed by atoms with E-state index in [0.29, 0.717) is 24.3 Å². The van der Waals surface area contributed by atoms with Crippen molar-refractivity contribution >= 4 is 5.91 Å². The summed E-state index contributed by atoms with van der Waals surface area (Å²) >= 11 is 0. The van der Waals surface area contributed by atoms with Gasteiger partial charge in [-0.25, -0.2) is 4.98 Å². The summed E-state index contributed by atoms with van der Waals surface area (Å²) in [6.45, 7) is 1.28. The van der Waals surface area contributed by atoms with Crippen molar-refractivity contribution in [2.24, 2.45) is 0 Å². The maximum atomic E-state index is 12.5. The monoisotopic (exact) mass is 337 g/mol. The number of piperidine rings is 1. The number of hydrogen-bond donors (Lipinski definition) is 0. The van der Waals surface area contributed by atoms with E-state index in [1.54, 1.807) is 24.1 Å². The smallest absolute Gasteiger partial charge is 0.255 e. The number of methoxy groups -OCH3 is 1. The summed E-state index contributed by atoms with van der Waals surface area (Å²) in [4.78, 5) is 18.2. The first-order valence-electron chi connectivity index (χ1n) is 8.16. The van der Waals surface area contributed by atoms with Crippen LogP contribution in [0.15, 0.2) is 42.6 Å². The fourth-order valence-corrected chi connectivity index (χ4v) is 2.79. The van der Waals surface area contributed by atoms with E-state index < -0.39 is 0 Å². The number of rotatable bonds is 4. The molecule has 1 amide bonds. The van der Waals surface area contributed by atoms with Gasteiger partial charge in [-0.05, 0) is 36.4 Å². The predicted molar refractivity (Wildman–Crippen MR) is 91.5 cm³/mol. The van der Waals surface area contributed by atoms with Crippen LogP contribution in [0.2, 0.25) is 0 Å². The number of nitriles is 1. The molecule has 1 aliphatic rings. The van der Waals surface area contributed by atoms with Gasteiger partial charge in [0, 0.05) is 32.1 Å². The number of nitrogens with zero attached hydrogens (tertiary/aromatic N) is 3. The molecule has 1 aromatic heterocycles. The second kappa shape index (κ2) is 7.67. The van der Waals surface area contributed by atoms with E-state index in [9.17, 15) is 4.79 Å². The van der Waals surface area contributed by atoms with Crippen LogP contribution in [0.4, 0.5) is 0 Å². The van der Waals surface area contributed by atoms with Gasteiger partial charge in [-0.3, -0.25) is 4.79 Å². The molecule has 0 atom stereocenters. The largest absolute Gasteiger partial charge is 0.497 e. The highest BCUT2D eigenvalue weighted by molar-refractivity contribution is 5.94. The molecule has 1 aromatic carbocycles. The van der Waals surface area contributed by atoms with Crippen molar-refractivity contribution in [3.63, 3.8) is 0 Å². The third kappa shape index (κ3) is 4.07. The molecule has 1 saturated heterocycles. The molecule has 0 unspecified atom stereocenters. The zero-order valence-electron chi connectivity index (χ0n) is 14.0. The van der Waals surface area contributed by atoms with Crippen LogP contribution in [0.25, 0.3) is 0 Å². The predicted octanol–water partition coefficient (Wildman–Crippen LogP) is 2.65. The first kappa shape index (κ1) is 16.8. The number of amides is 1. The van der Waals surface area contributed by atoms with Gasteiger partial charge in [0.1, 0.15) is 29.4 Å². The Morgan fingerprint density at radius 3 is 2.40 bits per heavy atom. The Bertz CT molecular complexity index is 758. The van der Waals surface area contributed by atoms with Gasteiger partial charge >= 0.3 is 0 Å². The van der Waals surface area contributed by atoms with Gasteiger partial charge in [-0.1, -0.05) is 0 Å². The Morgan fingerprint density at radius 1 is 1.16 bits per heavy atom. The molecule has 0 spiro atoms. The van der Waals surface area contributed by atoms with E-state index in [1.165, 1.54) is 6.20 Å². The van der Waals surface area contributed by atoms with Crippen LogP contribution in [0, 0.1) is 11.3 Å². The number of carbonyl (C=O) groups excluding carboxylic acids is 1. The molecule has 3 rings (SSSR count). The Kier molecular flexibility index (Phi) is 5.14. The van der Waals surface area contributed by atoms with Crippen molar-refractivity contribution in [3.8, 4) is 17.6 Å². The molecular formula is C19H19N3O3. The number of likely N-dealkylation sites (tertiary alicyclic amines) is 1. The number of benzene rings is 1. The lowest BCUT2D eigenvalue weighted by Gasteiger charge is -2.32. The molecular weight excluding hydrogens is 318 g/mol. The normalized spacial score (nSPS) is 14.6. The van der Waals surface area contributed by atoms with Gasteiger partial charge < -0.3 is 14.4 Å². The number of ether oxygens (including phenoxy) is 2. The SMILES string of the molecule is COc1ccc(OC2CCN(C(=O)c3ccc(C#N)nc3)CC2)cc1. The Hall–Kier alpha value is -3.07. The molecule has 25 heavy (non-hydrogen) atoms. The van der Waals surface area contributed by atoms with Gasteiger partial charge in [0.25, 0.3) is 5.91 Å². The first-order valence-corrected chi connectivity index (χ1v) is 8.16. The number of hydrogen-bond acceptors (Lipinski definition) is 5. The van der Waals surface area contributed by atoms with Crippen LogP contribution in [0.1, 0.15) is 28.9 Å². The van der Waals surface area contributed by atoms with Crippen LogP contribution in [-0.4, -0.2) is 42.1 Å². The second-order valence-electron chi connectivity index (χ2n) is 5.83. The fourth-order valence-electron chi connectivity index (χ4n) is 2.79. The van der Waals surface area contributed by atoms with E-state index in [4.69, 9.17) is 14.7 Å². The molecule has 2 aromatic rings. The maximum absolute atomic E-state index is 12.5. The molecule has 0 radical (unpaired) electrons. The average molecular weight is 337 g/mol. The van der Waals surface area contributed by atoms with E-state index in [0.717, 1.165) is 24.3 Å². The van der Waals surface area contributed by atoms with E-state index in [-0.39, 0.29) is 12.0 Å². The molecule has 0 N–H and O–H groups in total. The van der Waals surface area contributed by atoms with E-state index in [1.807, 2.05) is 30.3 Å². The summed E-state index contributed by atoms with van der Waals surface area (Å²) in [6, 6.07) is 12.7. The maximum Gasteiger partial charge on any atom is 0.255 e. The van der Waals surface area contributed by atoms with E-state index >= 15 is 0 Å². The summed E-state index contributed by atoms with van der Waals surface area (Å²) in [6.07, 6.45) is 3.11. The van der Waals surface area contributed by atoms with Crippen molar-refractivity contribution in [1.82, 2.24) is 9.88 Å². The number of carbonyl (C=O) groups is 1. The molecule has 0 saturated carbocycles. The van der Waals surface area contributed by atoms with Crippen LogP contribution >= 0.6 is 0 Å². The van der Waals surface area contributed by atoms with E-state index in [2.05, 4.69) is 4.98 Å². The third-order valence-electron chi connectivity index (χ3n) is 4.22. The summed E-state index contributed by atoms with van der Waals surface area (Å²) in [5.74, 6) is 1.55. The van der Waals surface area contributed by atoms with Gasteiger partial charge in [-0.15, -0.1) is 0 Å². The minimum atomic E-state index is -0.0557. The fraction of sp³-hybridized carbons (Fsp3) is 0.316. The molecule has 1 aliphatic heterocycles. The van der Waals surface area contributed by atoms with Crippen molar-refractivity contribution in [3.05, 3.63) is 53.9 Å². The lowest BCUT2D eigenvalue weighted by molar-refractivity contribution is 0.0595. The zero-order chi connectivity index (χ0) is 17.6. The summed E-state index contributed by atoms with van der Waals surface area (Å²) in [5, 5.41) is 8.77. The minimum Gasteiger partial charge on any atom is -0.497 e. The molecule has 128 valence electrons. The molecule has 6 heteroatoms. The standard InChI is InChI=1S/C19H19N3O3/c1-24-16-4-6-17(7-5-16)25-18-8-10-22(11-9-18)19(23)14-2-3-15(12-20)21-13-14/h2-7,13,18H,8-11H2,1H3. The van der Waals surface area contributed by atoms with Crippen LogP contribution in [0.5, 0.6) is 11.5 Å². The lowest BCUT2D eigenvalue weighted by Crippen LogP contribution is -2.41. The van der Waals surface area contributed by atoms with Crippen LogP contribution < -0.4 is 9.47 Å². The number of aromatic nitrogens is 1. The van der Waals surface area contributed by atoms with Crippen molar-refractivity contribution in [2.45, 2.75) is 18.9 Å². The Balaban J connectivity index is 1.53. The minimum absolute atomic E-state index is 0.0557. The lowest BCUT2D eigenvalue weighted by atomic mass is 10.1.